The normalized spacial score (nSPS) is 15.6. The zero-order valence-electron chi connectivity index (χ0n) is 13.0. The fourth-order valence-corrected chi connectivity index (χ4v) is 3.82. The number of hydrogen-bond donors (Lipinski definition) is 0. The van der Waals surface area contributed by atoms with E-state index >= 15 is 0 Å². The Morgan fingerprint density at radius 2 is 2.18 bits per heavy atom. The summed E-state index contributed by atoms with van der Waals surface area (Å²) in [5.74, 6) is 0.734. The Bertz CT molecular complexity index is 708. The first-order valence-corrected chi connectivity index (χ1v) is 8.67. The highest BCUT2D eigenvalue weighted by molar-refractivity contribution is 7.17. The summed E-state index contributed by atoms with van der Waals surface area (Å²) in [4.78, 5) is 19.9. The average molecular weight is 335 g/mol. The number of carbonyl (C=O) groups is 1. The number of rotatable bonds is 4. The summed E-state index contributed by atoms with van der Waals surface area (Å²) in [6, 6.07) is 7.88. The first-order chi connectivity index (χ1) is 10.5. The van der Waals surface area contributed by atoms with Crippen LogP contribution in [0.15, 0.2) is 24.3 Å². The number of hydrogen-bond acceptors (Lipinski definition) is 3. The van der Waals surface area contributed by atoms with E-state index in [2.05, 4.69) is 11.9 Å². The molecule has 22 heavy (non-hydrogen) atoms. The van der Waals surface area contributed by atoms with Crippen LogP contribution >= 0.6 is 22.9 Å². The molecule has 1 aliphatic carbocycles. The minimum atomic E-state index is 0.0719. The Morgan fingerprint density at radius 1 is 1.45 bits per heavy atom. The first-order valence-electron chi connectivity index (χ1n) is 7.48. The highest BCUT2D eigenvalue weighted by atomic mass is 35.5. The molecule has 1 fully saturated rings. The number of aryl methyl sites for hydroxylation is 1. The van der Waals surface area contributed by atoms with Crippen LogP contribution < -0.4 is 0 Å². The van der Waals surface area contributed by atoms with E-state index in [0.29, 0.717) is 17.0 Å². The molecule has 5 heteroatoms. The van der Waals surface area contributed by atoms with Crippen LogP contribution in [0.4, 0.5) is 0 Å². The van der Waals surface area contributed by atoms with Crippen LogP contribution in [0.3, 0.4) is 0 Å². The summed E-state index contributed by atoms with van der Waals surface area (Å²) < 4.78 is 0. The lowest BCUT2D eigenvalue weighted by molar-refractivity contribution is 0.0731. The van der Waals surface area contributed by atoms with Gasteiger partial charge in [-0.1, -0.05) is 23.7 Å². The second kappa shape index (κ2) is 6.01. The summed E-state index contributed by atoms with van der Waals surface area (Å²) in [6.07, 6.45) is 2.46. The highest BCUT2D eigenvalue weighted by Crippen LogP contribution is 2.36. The fourth-order valence-electron chi connectivity index (χ4n) is 2.58. The second-order valence-electron chi connectivity index (χ2n) is 5.94. The lowest BCUT2D eigenvalue weighted by atomic mass is 10.2. The molecule has 3 nitrogen and oxygen atoms in total. The van der Waals surface area contributed by atoms with Crippen molar-refractivity contribution in [3.63, 3.8) is 0 Å². The minimum Gasteiger partial charge on any atom is -0.338 e. The molecular weight excluding hydrogens is 316 g/mol. The van der Waals surface area contributed by atoms with E-state index in [4.69, 9.17) is 11.6 Å². The van der Waals surface area contributed by atoms with Gasteiger partial charge < -0.3 is 4.90 Å². The summed E-state index contributed by atoms with van der Waals surface area (Å²) in [5, 5.41) is 1.52. The SMILES string of the molecule is Cc1nc(-c2cccc(Cl)c2)sc1C(=O)N(C)C(C)C1CC1. The van der Waals surface area contributed by atoms with Crippen molar-refractivity contribution >= 4 is 28.8 Å². The predicted octanol–water partition coefficient (Wildman–Crippen LogP) is 4.64. The molecule has 1 amide bonds. The molecule has 1 aromatic carbocycles. The highest BCUT2D eigenvalue weighted by Gasteiger charge is 2.33. The van der Waals surface area contributed by atoms with E-state index in [9.17, 15) is 4.79 Å². The average Bonchev–Trinajstić information content (AvgIpc) is 3.27. The standard InChI is InChI=1S/C17H19ClN2OS/c1-10-15(17(21)20(3)11(2)12-7-8-12)22-16(19-10)13-5-4-6-14(18)9-13/h4-6,9,11-12H,7-8H2,1-3H3. The van der Waals surface area contributed by atoms with Gasteiger partial charge in [0.25, 0.3) is 5.91 Å². The Morgan fingerprint density at radius 3 is 2.82 bits per heavy atom. The van der Waals surface area contributed by atoms with Gasteiger partial charge in [-0.25, -0.2) is 4.98 Å². The summed E-state index contributed by atoms with van der Waals surface area (Å²) in [6.45, 7) is 4.03. The zero-order chi connectivity index (χ0) is 15.9. The molecule has 1 atom stereocenters. The lowest BCUT2D eigenvalue weighted by Crippen LogP contribution is -2.36. The molecule has 0 spiro atoms. The molecule has 0 radical (unpaired) electrons. The van der Waals surface area contributed by atoms with Crippen LogP contribution in [0, 0.1) is 12.8 Å². The summed E-state index contributed by atoms with van der Waals surface area (Å²) >= 11 is 7.49. The van der Waals surface area contributed by atoms with E-state index in [1.165, 1.54) is 24.2 Å². The monoisotopic (exact) mass is 334 g/mol. The van der Waals surface area contributed by atoms with Crippen LogP contribution in [0.25, 0.3) is 10.6 Å². The van der Waals surface area contributed by atoms with Crippen molar-refractivity contribution in [2.45, 2.75) is 32.7 Å². The quantitative estimate of drug-likeness (QED) is 0.815. The summed E-state index contributed by atoms with van der Waals surface area (Å²) in [5.41, 5.74) is 1.75. The first kappa shape index (κ1) is 15.5. The third kappa shape index (κ3) is 3.03. The molecule has 1 unspecified atom stereocenters. The number of nitrogens with zero attached hydrogens (tertiary/aromatic N) is 2. The molecule has 1 aromatic heterocycles. The van der Waals surface area contributed by atoms with E-state index in [-0.39, 0.29) is 5.91 Å². The maximum absolute atomic E-state index is 12.7. The lowest BCUT2D eigenvalue weighted by Gasteiger charge is -2.24. The van der Waals surface area contributed by atoms with Crippen molar-refractivity contribution in [2.75, 3.05) is 7.05 Å². The van der Waals surface area contributed by atoms with Crippen LogP contribution in [-0.2, 0) is 0 Å². The van der Waals surface area contributed by atoms with Gasteiger partial charge in [0, 0.05) is 23.7 Å². The number of halogens is 1. The van der Waals surface area contributed by atoms with Gasteiger partial charge in [0.15, 0.2) is 0 Å². The van der Waals surface area contributed by atoms with Crippen molar-refractivity contribution < 1.29 is 4.79 Å². The largest absolute Gasteiger partial charge is 0.338 e. The molecule has 1 heterocycles. The number of aromatic nitrogens is 1. The van der Waals surface area contributed by atoms with Gasteiger partial charge in [0.05, 0.1) is 5.69 Å². The van der Waals surface area contributed by atoms with Crippen molar-refractivity contribution in [3.05, 3.63) is 39.9 Å². The Balaban J connectivity index is 1.87. The molecule has 0 saturated heterocycles. The molecule has 0 bridgehead atoms. The van der Waals surface area contributed by atoms with Gasteiger partial charge >= 0.3 is 0 Å². The number of thiazole rings is 1. The van der Waals surface area contributed by atoms with Crippen LogP contribution in [0.1, 0.15) is 35.1 Å². The van der Waals surface area contributed by atoms with Crippen molar-refractivity contribution in [2.24, 2.45) is 5.92 Å². The van der Waals surface area contributed by atoms with Crippen LogP contribution in [-0.4, -0.2) is 28.9 Å². The van der Waals surface area contributed by atoms with Crippen LogP contribution in [0.5, 0.6) is 0 Å². The fraction of sp³-hybridized carbons (Fsp3) is 0.412. The molecule has 116 valence electrons. The molecule has 1 aliphatic rings. The molecule has 0 aliphatic heterocycles. The van der Waals surface area contributed by atoms with E-state index in [1.54, 1.807) is 0 Å². The summed E-state index contributed by atoms with van der Waals surface area (Å²) in [7, 11) is 1.89. The van der Waals surface area contributed by atoms with Crippen molar-refractivity contribution in [1.29, 1.82) is 0 Å². The second-order valence-corrected chi connectivity index (χ2v) is 7.37. The van der Waals surface area contributed by atoms with E-state index < -0.39 is 0 Å². The van der Waals surface area contributed by atoms with Crippen LogP contribution in [0.2, 0.25) is 5.02 Å². The van der Waals surface area contributed by atoms with Gasteiger partial charge in [0.2, 0.25) is 0 Å². The Hall–Kier alpha value is -1.39. The molecule has 0 N–H and O–H groups in total. The number of carbonyl (C=O) groups excluding carboxylic acids is 1. The van der Waals surface area contributed by atoms with Gasteiger partial charge in [0.1, 0.15) is 9.88 Å². The van der Waals surface area contributed by atoms with Crippen molar-refractivity contribution in [3.8, 4) is 10.6 Å². The van der Waals surface area contributed by atoms with E-state index in [1.807, 2.05) is 43.1 Å². The maximum Gasteiger partial charge on any atom is 0.265 e. The minimum absolute atomic E-state index is 0.0719. The number of amides is 1. The molecule has 2 aromatic rings. The molecule has 3 rings (SSSR count). The van der Waals surface area contributed by atoms with Gasteiger partial charge in [-0.05, 0) is 44.7 Å². The topological polar surface area (TPSA) is 33.2 Å². The third-order valence-electron chi connectivity index (χ3n) is 4.30. The third-order valence-corrected chi connectivity index (χ3v) is 5.73. The van der Waals surface area contributed by atoms with Crippen molar-refractivity contribution in [1.82, 2.24) is 9.88 Å². The Labute approximate surface area is 139 Å². The van der Waals surface area contributed by atoms with Gasteiger partial charge in [-0.3, -0.25) is 4.79 Å². The maximum atomic E-state index is 12.7. The smallest absolute Gasteiger partial charge is 0.265 e. The molecular formula is C17H19ClN2OS. The van der Waals surface area contributed by atoms with Gasteiger partial charge in [-0.2, -0.15) is 0 Å². The van der Waals surface area contributed by atoms with Gasteiger partial charge in [-0.15, -0.1) is 11.3 Å². The Kier molecular flexibility index (Phi) is 4.24. The predicted molar refractivity (Wildman–Crippen MR) is 91.6 cm³/mol. The number of benzene rings is 1. The van der Waals surface area contributed by atoms with E-state index in [0.717, 1.165) is 21.1 Å². The molecule has 1 saturated carbocycles. The zero-order valence-corrected chi connectivity index (χ0v) is 14.5.